The first-order valence-corrected chi connectivity index (χ1v) is 5.79. The second kappa shape index (κ2) is 3.71. The topological polar surface area (TPSA) is 74.2 Å². The molecule has 0 aliphatic carbocycles. The monoisotopic (exact) mass is 235 g/mol. The zero-order valence-electron chi connectivity index (χ0n) is 8.29. The smallest absolute Gasteiger partial charge is 0.318 e. The molecule has 16 heavy (non-hydrogen) atoms. The summed E-state index contributed by atoms with van der Waals surface area (Å²) in [6, 6.07) is 7.95. The summed E-state index contributed by atoms with van der Waals surface area (Å²) in [6.07, 6.45) is -0.194. The third kappa shape index (κ3) is 1.61. The average molecular weight is 235 g/mol. The predicted octanol–water partition coefficient (Wildman–Crippen LogP) is 1.88. The standard InChI is InChI=1S/C10H9N3O2S/c11-10-12-9(13-15-10)7-5-16-8-4-2-1-3-6(8)14-7/h1-4,7H,5H2,(H2,11,12,13). The highest BCUT2D eigenvalue weighted by molar-refractivity contribution is 7.99. The first-order chi connectivity index (χ1) is 7.83. The molecule has 0 bridgehead atoms. The van der Waals surface area contributed by atoms with Crippen molar-refractivity contribution in [3.8, 4) is 5.75 Å². The molecule has 1 unspecified atom stereocenters. The van der Waals surface area contributed by atoms with E-state index in [1.807, 2.05) is 24.3 Å². The fraction of sp³-hybridized carbons (Fsp3) is 0.200. The van der Waals surface area contributed by atoms with Gasteiger partial charge in [0.25, 0.3) is 0 Å². The van der Waals surface area contributed by atoms with Gasteiger partial charge in [-0.25, -0.2) is 0 Å². The highest BCUT2D eigenvalue weighted by atomic mass is 32.2. The Kier molecular flexibility index (Phi) is 2.21. The van der Waals surface area contributed by atoms with Gasteiger partial charge in [0.15, 0.2) is 6.10 Å². The number of aromatic nitrogens is 2. The van der Waals surface area contributed by atoms with Gasteiger partial charge in [-0.2, -0.15) is 4.98 Å². The molecule has 6 heteroatoms. The van der Waals surface area contributed by atoms with E-state index in [0.717, 1.165) is 16.4 Å². The first-order valence-electron chi connectivity index (χ1n) is 4.80. The highest BCUT2D eigenvalue weighted by Crippen LogP contribution is 2.39. The molecule has 0 saturated heterocycles. The number of nitrogens with two attached hydrogens (primary N) is 1. The van der Waals surface area contributed by atoms with Gasteiger partial charge in [-0.05, 0) is 12.1 Å². The second-order valence-electron chi connectivity index (χ2n) is 3.36. The Morgan fingerprint density at radius 1 is 1.38 bits per heavy atom. The summed E-state index contributed by atoms with van der Waals surface area (Å²) in [4.78, 5) is 5.10. The minimum absolute atomic E-state index is 0.0717. The lowest BCUT2D eigenvalue weighted by atomic mass is 10.3. The van der Waals surface area contributed by atoms with Crippen molar-refractivity contribution in [1.29, 1.82) is 0 Å². The molecule has 2 heterocycles. The van der Waals surface area contributed by atoms with Crippen molar-refractivity contribution in [3.05, 3.63) is 30.1 Å². The van der Waals surface area contributed by atoms with Crippen LogP contribution in [0, 0.1) is 0 Å². The lowest BCUT2D eigenvalue weighted by Crippen LogP contribution is -2.16. The molecule has 1 atom stereocenters. The Labute approximate surface area is 96.0 Å². The minimum Gasteiger partial charge on any atom is -0.480 e. The van der Waals surface area contributed by atoms with Crippen LogP contribution in [0.4, 0.5) is 6.01 Å². The van der Waals surface area contributed by atoms with E-state index in [1.54, 1.807) is 11.8 Å². The van der Waals surface area contributed by atoms with Gasteiger partial charge in [-0.3, -0.25) is 0 Å². The molecule has 1 aliphatic heterocycles. The van der Waals surface area contributed by atoms with E-state index in [4.69, 9.17) is 15.0 Å². The van der Waals surface area contributed by atoms with Crippen molar-refractivity contribution >= 4 is 17.8 Å². The molecule has 2 aromatic rings. The maximum Gasteiger partial charge on any atom is 0.318 e. The van der Waals surface area contributed by atoms with Crippen LogP contribution < -0.4 is 10.5 Å². The number of fused-ring (bicyclic) bond motifs is 1. The maximum absolute atomic E-state index is 5.77. The van der Waals surface area contributed by atoms with Gasteiger partial charge in [-0.1, -0.05) is 17.3 Å². The summed E-state index contributed by atoms with van der Waals surface area (Å²) in [7, 11) is 0. The third-order valence-corrected chi connectivity index (χ3v) is 3.37. The summed E-state index contributed by atoms with van der Waals surface area (Å²) in [5.74, 6) is 2.11. The SMILES string of the molecule is Nc1nc(C2CSc3ccccc3O2)no1. The van der Waals surface area contributed by atoms with Gasteiger partial charge >= 0.3 is 6.01 Å². The molecular weight excluding hydrogens is 226 g/mol. The van der Waals surface area contributed by atoms with E-state index in [1.165, 1.54) is 0 Å². The summed E-state index contributed by atoms with van der Waals surface area (Å²) >= 11 is 1.71. The van der Waals surface area contributed by atoms with Crippen molar-refractivity contribution in [3.63, 3.8) is 0 Å². The van der Waals surface area contributed by atoms with Gasteiger partial charge in [0.1, 0.15) is 5.75 Å². The highest BCUT2D eigenvalue weighted by Gasteiger charge is 2.25. The summed E-state index contributed by atoms with van der Waals surface area (Å²) in [5.41, 5.74) is 5.38. The number of hydrogen-bond acceptors (Lipinski definition) is 6. The largest absolute Gasteiger partial charge is 0.480 e. The fourth-order valence-electron chi connectivity index (χ4n) is 1.52. The van der Waals surface area contributed by atoms with Crippen LogP contribution in [0.2, 0.25) is 0 Å². The number of thioether (sulfide) groups is 1. The van der Waals surface area contributed by atoms with Gasteiger partial charge < -0.3 is 15.0 Å². The molecule has 82 valence electrons. The number of hydrogen-bond donors (Lipinski definition) is 1. The Morgan fingerprint density at radius 2 is 2.25 bits per heavy atom. The molecule has 3 rings (SSSR count). The summed E-state index contributed by atoms with van der Waals surface area (Å²) < 4.78 is 10.5. The molecule has 2 N–H and O–H groups in total. The van der Waals surface area contributed by atoms with Crippen LogP contribution in [0.1, 0.15) is 11.9 Å². The van der Waals surface area contributed by atoms with Gasteiger partial charge in [0.05, 0.1) is 0 Å². The van der Waals surface area contributed by atoms with Crippen LogP contribution in [-0.2, 0) is 0 Å². The van der Waals surface area contributed by atoms with Gasteiger partial charge in [0, 0.05) is 10.6 Å². The van der Waals surface area contributed by atoms with E-state index in [9.17, 15) is 0 Å². The molecule has 0 saturated carbocycles. The number of benzene rings is 1. The van der Waals surface area contributed by atoms with Crippen molar-refractivity contribution in [2.75, 3.05) is 11.5 Å². The molecule has 0 radical (unpaired) electrons. The fourth-order valence-corrected chi connectivity index (χ4v) is 2.51. The quantitative estimate of drug-likeness (QED) is 0.813. The van der Waals surface area contributed by atoms with Crippen LogP contribution in [0.3, 0.4) is 0 Å². The predicted molar refractivity (Wildman–Crippen MR) is 59.2 cm³/mol. The number of anilines is 1. The maximum atomic E-state index is 5.77. The van der Waals surface area contributed by atoms with E-state index >= 15 is 0 Å². The number of rotatable bonds is 1. The Hall–Kier alpha value is -1.69. The molecule has 1 aliphatic rings. The van der Waals surface area contributed by atoms with Crippen molar-refractivity contribution in [2.45, 2.75) is 11.0 Å². The zero-order valence-corrected chi connectivity index (χ0v) is 9.11. The molecule has 1 aromatic carbocycles. The van der Waals surface area contributed by atoms with E-state index in [-0.39, 0.29) is 12.1 Å². The first kappa shape index (κ1) is 9.53. The number of ether oxygens (including phenoxy) is 1. The van der Waals surface area contributed by atoms with E-state index < -0.39 is 0 Å². The minimum atomic E-state index is -0.194. The zero-order chi connectivity index (χ0) is 11.0. The molecule has 5 nitrogen and oxygen atoms in total. The molecule has 0 fully saturated rings. The van der Waals surface area contributed by atoms with Crippen LogP contribution in [0.25, 0.3) is 0 Å². The number of nitrogens with zero attached hydrogens (tertiary/aromatic N) is 2. The number of nitrogen functional groups attached to an aromatic ring is 1. The Balaban J connectivity index is 1.88. The lowest BCUT2D eigenvalue weighted by Gasteiger charge is -2.22. The lowest BCUT2D eigenvalue weighted by molar-refractivity contribution is 0.205. The van der Waals surface area contributed by atoms with E-state index in [2.05, 4.69) is 10.1 Å². The van der Waals surface area contributed by atoms with Crippen LogP contribution >= 0.6 is 11.8 Å². The molecule has 0 amide bonds. The van der Waals surface area contributed by atoms with Crippen molar-refractivity contribution < 1.29 is 9.26 Å². The number of para-hydroxylation sites is 1. The third-order valence-electron chi connectivity index (χ3n) is 2.25. The van der Waals surface area contributed by atoms with Gasteiger partial charge in [-0.15, -0.1) is 11.8 Å². The van der Waals surface area contributed by atoms with Crippen LogP contribution in [0.5, 0.6) is 5.75 Å². The van der Waals surface area contributed by atoms with Crippen LogP contribution in [-0.4, -0.2) is 15.9 Å². The molecule has 1 aromatic heterocycles. The second-order valence-corrected chi connectivity index (χ2v) is 4.42. The molecular formula is C10H9N3O2S. The van der Waals surface area contributed by atoms with Gasteiger partial charge in [0.2, 0.25) is 5.82 Å². The van der Waals surface area contributed by atoms with Crippen LogP contribution in [0.15, 0.2) is 33.7 Å². The average Bonchev–Trinajstić information content (AvgIpc) is 2.75. The van der Waals surface area contributed by atoms with Crippen molar-refractivity contribution in [1.82, 2.24) is 10.1 Å². The van der Waals surface area contributed by atoms with E-state index in [0.29, 0.717) is 5.82 Å². The normalized spacial score (nSPS) is 18.9. The van der Waals surface area contributed by atoms with Crippen molar-refractivity contribution in [2.24, 2.45) is 0 Å². The molecule has 0 spiro atoms. The Bertz CT molecular complexity index is 514. The summed E-state index contributed by atoms with van der Waals surface area (Å²) in [5, 5.41) is 3.76. The Morgan fingerprint density at radius 3 is 3.06 bits per heavy atom. The summed E-state index contributed by atoms with van der Waals surface area (Å²) in [6.45, 7) is 0.